The fourth-order valence-electron chi connectivity index (χ4n) is 1.52. The third kappa shape index (κ3) is 3.15. The maximum atomic E-state index is 6.06. The second-order valence-electron chi connectivity index (χ2n) is 3.62. The molecule has 0 spiro atoms. The smallest absolute Gasteiger partial charge is 0.139 e. The van der Waals surface area contributed by atoms with Crippen LogP contribution in [-0.4, -0.2) is 12.0 Å². The van der Waals surface area contributed by atoms with Crippen LogP contribution in [0.3, 0.4) is 0 Å². The van der Waals surface area contributed by atoms with Gasteiger partial charge in [-0.1, -0.05) is 33.6 Å². The van der Waals surface area contributed by atoms with E-state index in [0.29, 0.717) is 17.4 Å². The van der Waals surface area contributed by atoms with Crippen molar-refractivity contribution in [2.45, 2.75) is 6.61 Å². The lowest BCUT2D eigenvalue weighted by molar-refractivity contribution is 0.306. The first kappa shape index (κ1) is 13.2. The zero-order valence-corrected chi connectivity index (χ0v) is 12.1. The monoisotopic (exact) mass is 326 g/mol. The average Bonchev–Trinajstić information content (AvgIpc) is 2.40. The fourth-order valence-corrected chi connectivity index (χ4v) is 2.04. The third-order valence-electron chi connectivity index (χ3n) is 2.40. The van der Waals surface area contributed by atoms with E-state index in [2.05, 4.69) is 26.2 Å². The molecule has 0 saturated carbocycles. The molecule has 3 nitrogen and oxygen atoms in total. The Bertz CT molecular complexity index is 548. The second kappa shape index (κ2) is 6.07. The van der Waals surface area contributed by atoms with E-state index in [4.69, 9.17) is 16.3 Å². The van der Waals surface area contributed by atoms with Gasteiger partial charge in [-0.2, -0.15) is 0 Å². The number of pyridine rings is 1. The minimum absolute atomic E-state index is 0.417. The minimum Gasteiger partial charge on any atom is -0.487 e. The highest BCUT2D eigenvalue weighted by atomic mass is 79.9. The summed E-state index contributed by atoms with van der Waals surface area (Å²) >= 11 is 9.45. The lowest BCUT2D eigenvalue weighted by atomic mass is 10.2. The molecule has 0 unspecified atom stereocenters. The molecular weight excluding hydrogens is 316 g/mol. The van der Waals surface area contributed by atoms with Crippen molar-refractivity contribution in [2.24, 2.45) is 0 Å². The zero-order chi connectivity index (χ0) is 13.0. The Hall–Kier alpha value is -1.26. The number of nitrogens with zero attached hydrogens (tertiary/aromatic N) is 1. The van der Waals surface area contributed by atoms with E-state index in [1.807, 2.05) is 31.3 Å². The Kier molecular flexibility index (Phi) is 4.44. The maximum absolute atomic E-state index is 6.06. The standard InChI is InChI=1S/C13H12BrClN2O/c1-16-13-9(3-2-6-17-13)8-18-12-7-10(14)4-5-11(12)15/h2-7H,8H2,1H3,(H,16,17). The number of ether oxygens (including phenoxy) is 1. The highest BCUT2D eigenvalue weighted by molar-refractivity contribution is 9.10. The summed E-state index contributed by atoms with van der Waals surface area (Å²) in [6.45, 7) is 0.417. The fraction of sp³-hybridized carbons (Fsp3) is 0.154. The van der Waals surface area contributed by atoms with Crippen LogP contribution in [0.4, 0.5) is 5.82 Å². The van der Waals surface area contributed by atoms with Gasteiger partial charge in [-0.3, -0.25) is 0 Å². The van der Waals surface area contributed by atoms with Gasteiger partial charge in [0.1, 0.15) is 18.2 Å². The van der Waals surface area contributed by atoms with Crippen LogP contribution in [0.1, 0.15) is 5.56 Å². The summed E-state index contributed by atoms with van der Waals surface area (Å²) < 4.78 is 6.64. The molecule has 2 aromatic rings. The minimum atomic E-state index is 0.417. The topological polar surface area (TPSA) is 34.2 Å². The van der Waals surface area contributed by atoms with Crippen LogP contribution in [0.25, 0.3) is 0 Å². The molecule has 0 aliphatic carbocycles. The number of hydrogen-bond acceptors (Lipinski definition) is 3. The van der Waals surface area contributed by atoms with E-state index >= 15 is 0 Å². The predicted molar refractivity (Wildman–Crippen MR) is 77.3 cm³/mol. The summed E-state index contributed by atoms with van der Waals surface area (Å²) in [6.07, 6.45) is 1.74. The van der Waals surface area contributed by atoms with Crippen molar-refractivity contribution < 1.29 is 4.74 Å². The number of aromatic nitrogens is 1. The summed E-state index contributed by atoms with van der Waals surface area (Å²) in [5, 5.41) is 3.62. The Balaban J connectivity index is 2.14. The number of anilines is 1. The molecule has 5 heteroatoms. The largest absolute Gasteiger partial charge is 0.487 e. The third-order valence-corrected chi connectivity index (χ3v) is 3.21. The maximum Gasteiger partial charge on any atom is 0.139 e. The van der Waals surface area contributed by atoms with Crippen molar-refractivity contribution in [1.82, 2.24) is 4.98 Å². The van der Waals surface area contributed by atoms with Crippen molar-refractivity contribution in [2.75, 3.05) is 12.4 Å². The normalized spacial score (nSPS) is 10.2. The molecule has 1 N–H and O–H groups in total. The zero-order valence-electron chi connectivity index (χ0n) is 9.78. The van der Waals surface area contributed by atoms with Gasteiger partial charge >= 0.3 is 0 Å². The van der Waals surface area contributed by atoms with Crippen LogP contribution in [0.15, 0.2) is 41.0 Å². The quantitative estimate of drug-likeness (QED) is 0.917. The summed E-state index contributed by atoms with van der Waals surface area (Å²) in [5.41, 5.74) is 0.982. The predicted octanol–water partition coefficient (Wildman–Crippen LogP) is 4.12. The summed E-state index contributed by atoms with van der Waals surface area (Å²) in [5.74, 6) is 1.46. The summed E-state index contributed by atoms with van der Waals surface area (Å²) in [7, 11) is 1.83. The first-order valence-corrected chi connectivity index (χ1v) is 6.57. The average molecular weight is 328 g/mol. The van der Waals surface area contributed by atoms with Gasteiger partial charge in [0.05, 0.1) is 5.02 Å². The van der Waals surface area contributed by atoms with Gasteiger partial charge in [0.25, 0.3) is 0 Å². The van der Waals surface area contributed by atoms with Gasteiger partial charge in [-0.05, 0) is 24.3 Å². The molecule has 0 amide bonds. The molecule has 0 aliphatic heterocycles. The van der Waals surface area contributed by atoms with Crippen LogP contribution >= 0.6 is 27.5 Å². The molecule has 2 rings (SSSR count). The molecule has 1 aromatic heterocycles. The van der Waals surface area contributed by atoms with Crippen LogP contribution in [0.5, 0.6) is 5.75 Å². The first-order valence-electron chi connectivity index (χ1n) is 5.40. The molecule has 0 saturated heterocycles. The van der Waals surface area contributed by atoms with Crippen molar-refractivity contribution in [3.8, 4) is 5.75 Å². The molecule has 0 atom stereocenters. The van der Waals surface area contributed by atoms with E-state index in [-0.39, 0.29) is 0 Å². The van der Waals surface area contributed by atoms with Gasteiger partial charge in [0, 0.05) is 23.3 Å². The highest BCUT2D eigenvalue weighted by Crippen LogP contribution is 2.29. The summed E-state index contributed by atoms with van der Waals surface area (Å²) in [6, 6.07) is 9.35. The number of rotatable bonds is 4. The van der Waals surface area contributed by atoms with Gasteiger partial charge in [0.15, 0.2) is 0 Å². The summed E-state index contributed by atoms with van der Waals surface area (Å²) in [4.78, 5) is 4.22. The van der Waals surface area contributed by atoms with Crippen LogP contribution in [0.2, 0.25) is 5.02 Å². The van der Waals surface area contributed by atoms with Gasteiger partial charge < -0.3 is 10.1 Å². The highest BCUT2D eigenvalue weighted by Gasteiger charge is 2.05. The van der Waals surface area contributed by atoms with Crippen LogP contribution < -0.4 is 10.1 Å². The van der Waals surface area contributed by atoms with E-state index < -0.39 is 0 Å². The molecule has 1 heterocycles. The Morgan fingerprint density at radius 2 is 2.22 bits per heavy atom. The Morgan fingerprint density at radius 1 is 1.39 bits per heavy atom. The second-order valence-corrected chi connectivity index (χ2v) is 4.95. The van der Waals surface area contributed by atoms with Crippen molar-refractivity contribution in [1.29, 1.82) is 0 Å². The van der Waals surface area contributed by atoms with Crippen LogP contribution in [0, 0.1) is 0 Å². The molecule has 94 valence electrons. The molecule has 0 fully saturated rings. The molecule has 0 radical (unpaired) electrons. The number of hydrogen-bond donors (Lipinski definition) is 1. The molecule has 0 aliphatic rings. The Labute approximate surface area is 119 Å². The number of nitrogens with one attached hydrogen (secondary N) is 1. The molecule has 18 heavy (non-hydrogen) atoms. The van der Waals surface area contributed by atoms with Gasteiger partial charge in [-0.25, -0.2) is 4.98 Å². The first-order chi connectivity index (χ1) is 8.70. The molecule has 0 bridgehead atoms. The van der Waals surface area contributed by atoms with Gasteiger partial charge in [-0.15, -0.1) is 0 Å². The SMILES string of the molecule is CNc1ncccc1COc1cc(Br)ccc1Cl. The number of benzene rings is 1. The van der Waals surface area contributed by atoms with Gasteiger partial charge in [0.2, 0.25) is 0 Å². The van der Waals surface area contributed by atoms with E-state index in [1.165, 1.54) is 0 Å². The van der Waals surface area contributed by atoms with Crippen molar-refractivity contribution >= 4 is 33.3 Å². The van der Waals surface area contributed by atoms with Crippen molar-refractivity contribution in [3.63, 3.8) is 0 Å². The molecular formula is C13H12BrClN2O. The van der Waals surface area contributed by atoms with E-state index in [9.17, 15) is 0 Å². The van der Waals surface area contributed by atoms with Crippen molar-refractivity contribution in [3.05, 3.63) is 51.6 Å². The molecule has 1 aromatic carbocycles. The van der Waals surface area contributed by atoms with E-state index in [1.54, 1.807) is 12.3 Å². The lowest BCUT2D eigenvalue weighted by Gasteiger charge is -2.11. The Morgan fingerprint density at radius 3 is 3.00 bits per heavy atom. The van der Waals surface area contributed by atoms with E-state index in [0.717, 1.165) is 15.9 Å². The lowest BCUT2D eigenvalue weighted by Crippen LogP contribution is -2.02. The van der Waals surface area contributed by atoms with Crippen LogP contribution in [-0.2, 0) is 6.61 Å². The number of halogens is 2.